The molecule has 1 aliphatic rings. The summed E-state index contributed by atoms with van der Waals surface area (Å²) < 4.78 is 5.93. The Morgan fingerprint density at radius 1 is 1.29 bits per heavy atom. The molecule has 0 saturated heterocycles. The highest BCUT2D eigenvalue weighted by Crippen LogP contribution is 2.23. The molecule has 3 N–H and O–H groups in total. The minimum absolute atomic E-state index is 0.104. The number of nitrogens with one attached hydrogen (secondary N) is 1. The summed E-state index contributed by atoms with van der Waals surface area (Å²) in [6.45, 7) is 3.73. The summed E-state index contributed by atoms with van der Waals surface area (Å²) in [7, 11) is 0. The lowest BCUT2D eigenvalue weighted by molar-refractivity contribution is -0.130. The van der Waals surface area contributed by atoms with Crippen molar-refractivity contribution in [2.45, 2.75) is 64.6 Å². The van der Waals surface area contributed by atoms with Crippen LogP contribution in [0, 0.1) is 6.92 Å². The number of amides is 1. The van der Waals surface area contributed by atoms with Crippen molar-refractivity contribution < 1.29 is 9.53 Å². The average molecular weight is 290 g/mol. The highest BCUT2D eigenvalue weighted by Gasteiger charge is 2.21. The number of rotatable bonds is 4. The summed E-state index contributed by atoms with van der Waals surface area (Å²) in [5, 5.41) is 2.91. The molecule has 4 heteroatoms. The van der Waals surface area contributed by atoms with Crippen LogP contribution in [0.2, 0.25) is 0 Å². The maximum atomic E-state index is 12.3. The molecule has 1 aliphatic carbocycles. The molecule has 21 heavy (non-hydrogen) atoms. The second-order valence-corrected chi connectivity index (χ2v) is 5.90. The van der Waals surface area contributed by atoms with Gasteiger partial charge >= 0.3 is 0 Å². The fraction of sp³-hybridized carbons (Fsp3) is 0.588. The van der Waals surface area contributed by atoms with Crippen molar-refractivity contribution in [1.82, 2.24) is 0 Å². The van der Waals surface area contributed by atoms with Crippen LogP contribution in [0.1, 0.15) is 51.0 Å². The lowest BCUT2D eigenvalue weighted by atomic mass is 10.1. The smallest absolute Gasteiger partial charge is 0.253 e. The largest absolute Gasteiger partial charge is 0.398 e. The van der Waals surface area contributed by atoms with E-state index in [2.05, 4.69) is 5.32 Å². The van der Waals surface area contributed by atoms with Crippen molar-refractivity contribution in [3.8, 4) is 0 Å². The number of hydrogen-bond donors (Lipinski definition) is 2. The van der Waals surface area contributed by atoms with Crippen molar-refractivity contribution in [1.29, 1.82) is 0 Å². The molecule has 0 spiro atoms. The molecule has 0 bridgehead atoms. The third-order valence-corrected chi connectivity index (χ3v) is 4.20. The molecule has 1 amide bonds. The zero-order valence-corrected chi connectivity index (χ0v) is 13.0. The van der Waals surface area contributed by atoms with Gasteiger partial charge in [0.1, 0.15) is 6.10 Å². The molecule has 1 saturated carbocycles. The van der Waals surface area contributed by atoms with Gasteiger partial charge in [-0.05, 0) is 44.4 Å². The van der Waals surface area contributed by atoms with Gasteiger partial charge in [-0.25, -0.2) is 0 Å². The topological polar surface area (TPSA) is 64.3 Å². The third-order valence-electron chi connectivity index (χ3n) is 4.20. The van der Waals surface area contributed by atoms with Crippen LogP contribution in [-0.2, 0) is 9.53 Å². The van der Waals surface area contributed by atoms with E-state index >= 15 is 0 Å². The van der Waals surface area contributed by atoms with E-state index in [1.54, 1.807) is 0 Å². The van der Waals surface area contributed by atoms with Crippen molar-refractivity contribution >= 4 is 17.3 Å². The molecule has 0 heterocycles. The fourth-order valence-corrected chi connectivity index (χ4v) is 2.75. The normalized spacial score (nSPS) is 18.0. The minimum atomic E-state index is -0.436. The van der Waals surface area contributed by atoms with Crippen LogP contribution < -0.4 is 11.1 Å². The maximum Gasteiger partial charge on any atom is 0.253 e. The molecule has 1 unspecified atom stereocenters. The summed E-state index contributed by atoms with van der Waals surface area (Å²) in [6.07, 6.45) is 6.88. The van der Waals surface area contributed by atoms with Gasteiger partial charge < -0.3 is 15.8 Å². The van der Waals surface area contributed by atoms with E-state index in [1.165, 1.54) is 25.7 Å². The number of carbonyl (C=O) groups excluding carboxylic acids is 1. The lowest BCUT2D eigenvalue weighted by Crippen LogP contribution is -2.31. The Morgan fingerprint density at radius 3 is 2.62 bits per heavy atom. The zero-order valence-electron chi connectivity index (χ0n) is 13.0. The molecular weight excluding hydrogens is 264 g/mol. The van der Waals surface area contributed by atoms with E-state index in [0.29, 0.717) is 5.69 Å². The summed E-state index contributed by atoms with van der Waals surface area (Å²) in [5.74, 6) is -0.104. The van der Waals surface area contributed by atoms with Crippen LogP contribution in [0.4, 0.5) is 11.4 Å². The van der Waals surface area contributed by atoms with E-state index < -0.39 is 6.10 Å². The molecule has 116 valence electrons. The quantitative estimate of drug-likeness (QED) is 0.657. The Kier molecular flexibility index (Phi) is 5.62. The molecule has 1 atom stereocenters. The first-order chi connectivity index (χ1) is 10.1. The van der Waals surface area contributed by atoms with Crippen LogP contribution in [0.15, 0.2) is 18.2 Å². The molecule has 1 fully saturated rings. The number of carbonyl (C=O) groups is 1. The molecule has 4 nitrogen and oxygen atoms in total. The molecular formula is C17H26N2O2. The lowest BCUT2D eigenvalue weighted by Gasteiger charge is -2.21. The van der Waals surface area contributed by atoms with E-state index in [1.807, 2.05) is 32.0 Å². The van der Waals surface area contributed by atoms with Gasteiger partial charge in [0.2, 0.25) is 0 Å². The highest BCUT2D eigenvalue weighted by atomic mass is 16.5. The molecule has 2 rings (SSSR count). The van der Waals surface area contributed by atoms with Crippen LogP contribution in [-0.4, -0.2) is 18.1 Å². The van der Waals surface area contributed by atoms with Gasteiger partial charge in [0.15, 0.2) is 0 Å². The Balaban J connectivity index is 1.91. The summed E-state index contributed by atoms with van der Waals surface area (Å²) in [4.78, 5) is 12.3. The second-order valence-electron chi connectivity index (χ2n) is 5.90. The number of ether oxygens (including phenoxy) is 1. The Labute approximate surface area is 127 Å². The molecule has 1 aromatic rings. The fourth-order valence-electron chi connectivity index (χ4n) is 2.75. The van der Waals surface area contributed by atoms with Gasteiger partial charge in [-0.3, -0.25) is 4.79 Å². The van der Waals surface area contributed by atoms with Crippen LogP contribution >= 0.6 is 0 Å². The van der Waals surface area contributed by atoms with Crippen molar-refractivity contribution in [2.75, 3.05) is 11.1 Å². The average Bonchev–Trinajstić information content (AvgIpc) is 2.72. The van der Waals surface area contributed by atoms with Gasteiger partial charge in [0.05, 0.1) is 6.10 Å². The Bertz CT molecular complexity index is 480. The summed E-state index contributed by atoms with van der Waals surface area (Å²) >= 11 is 0. The minimum Gasteiger partial charge on any atom is -0.398 e. The van der Waals surface area contributed by atoms with Crippen molar-refractivity contribution in [3.63, 3.8) is 0 Å². The zero-order chi connectivity index (χ0) is 15.2. The SMILES string of the molecule is Cc1c(N)cccc1NC(=O)C(C)OC1CCCCCC1. The summed E-state index contributed by atoms with van der Waals surface area (Å²) in [5.41, 5.74) is 8.20. The van der Waals surface area contributed by atoms with Crippen LogP contribution in [0.25, 0.3) is 0 Å². The third kappa shape index (κ3) is 4.46. The number of anilines is 2. The molecule has 0 aliphatic heterocycles. The van der Waals surface area contributed by atoms with Gasteiger partial charge in [-0.15, -0.1) is 0 Å². The second kappa shape index (κ2) is 7.46. The predicted octanol–water partition coefficient (Wildman–Crippen LogP) is 3.64. The first-order valence-electron chi connectivity index (χ1n) is 7.89. The van der Waals surface area contributed by atoms with Crippen molar-refractivity contribution in [2.24, 2.45) is 0 Å². The number of nitrogen functional groups attached to an aromatic ring is 1. The van der Waals surface area contributed by atoms with E-state index in [0.717, 1.165) is 24.1 Å². The monoisotopic (exact) mass is 290 g/mol. The summed E-state index contributed by atoms with van der Waals surface area (Å²) in [6, 6.07) is 5.53. The van der Waals surface area contributed by atoms with Gasteiger partial charge in [-0.2, -0.15) is 0 Å². The standard InChI is InChI=1S/C17H26N2O2/c1-12-15(18)10-7-11-16(12)19-17(20)13(2)21-14-8-5-3-4-6-9-14/h7,10-11,13-14H,3-6,8-9,18H2,1-2H3,(H,19,20). The van der Waals surface area contributed by atoms with Crippen LogP contribution in [0.5, 0.6) is 0 Å². The van der Waals surface area contributed by atoms with Gasteiger partial charge in [0.25, 0.3) is 5.91 Å². The Hall–Kier alpha value is -1.55. The number of nitrogens with two attached hydrogens (primary N) is 1. The first-order valence-corrected chi connectivity index (χ1v) is 7.89. The molecule has 0 aromatic heterocycles. The van der Waals surface area contributed by atoms with E-state index in [-0.39, 0.29) is 12.0 Å². The predicted molar refractivity (Wildman–Crippen MR) is 86.3 cm³/mol. The maximum absolute atomic E-state index is 12.3. The van der Waals surface area contributed by atoms with Gasteiger partial charge in [-0.1, -0.05) is 31.7 Å². The van der Waals surface area contributed by atoms with E-state index in [9.17, 15) is 4.79 Å². The van der Waals surface area contributed by atoms with E-state index in [4.69, 9.17) is 10.5 Å². The van der Waals surface area contributed by atoms with Crippen molar-refractivity contribution in [3.05, 3.63) is 23.8 Å². The Morgan fingerprint density at radius 2 is 1.95 bits per heavy atom. The molecule has 0 radical (unpaired) electrons. The first kappa shape index (κ1) is 15.8. The highest BCUT2D eigenvalue weighted by molar-refractivity contribution is 5.95. The number of benzene rings is 1. The molecule has 1 aromatic carbocycles. The van der Waals surface area contributed by atoms with Crippen LogP contribution in [0.3, 0.4) is 0 Å². The number of hydrogen-bond acceptors (Lipinski definition) is 3. The van der Waals surface area contributed by atoms with Gasteiger partial charge in [0, 0.05) is 11.4 Å².